The van der Waals surface area contributed by atoms with E-state index in [0.29, 0.717) is 42.3 Å². The molecule has 1 fully saturated rings. The number of aryl methyl sites for hydroxylation is 1. The maximum absolute atomic E-state index is 15.7. The summed E-state index contributed by atoms with van der Waals surface area (Å²) in [6, 6.07) is 18.1. The molecule has 6 heteroatoms. The fraction of sp³-hybridized carbons (Fsp3) is 0.524. The summed E-state index contributed by atoms with van der Waals surface area (Å²) in [5.74, 6) is 1.60. The standard InChI is InChI=1S/C42H57FO5/c1-5-7-8-9-30-10-12-33(13-11-30)34-14-18-39(40(43)26-34)36-15-17-38(32(6-2)24-36)35-16-19-41(47-22-20-31(27-44)28-45)37(25-35)21-23-48-42(46)29(3)4/h14-19,24-26,30-31,33,42,44-46H,3,5-13,20-23,27-28H2,1-2,4H3. The normalized spacial score (nSPS) is 17.1. The number of hydrogen-bond acceptors (Lipinski definition) is 5. The summed E-state index contributed by atoms with van der Waals surface area (Å²) in [4.78, 5) is 0. The van der Waals surface area contributed by atoms with Crippen LogP contribution >= 0.6 is 0 Å². The maximum Gasteiger partial charge on any atom is 0.176 e. The van der Waals surface area contributed by atoms with Crippen molar-refractivity contribution in [2.45, 2.75) is 104 Å². The van der Waals surface area contributed by atoms with Crippen LogP contribution in [0.5, 0.6) is 5.75 Å². The number of aliphatic hydroxyl groups excluding tert-OH is 3. The summed E-state index contributed by atoms with van der Waals surface area (Å²) in [7, 11) is 0. The van der Waals surface area contributed by atoms with Gasteiger partial charge in [-0.1, -0.05) is 82.5 Å². The quantitative estimate of drug-likeness (QED) is 0.0678. The molecule has 1 saturated carbocycles. The van der Waals surface area contributed by atoms with E-state index in [1.165, 1.54) is 38.5 Å². The SMILES string of the molecule is C=C(C)C(O)OCCc1cc(-c2ccc(-c3ccc(C4CCC(CCCCC)CC4)cc3F)cc2CC)ccc1OCCC(CO)CO. The van der Waals surface area contributed by atoms with Crippen molar-refractivity contribution in [3.63, 3.8) is 0 Å². The van der Waals surface area contributed by atoms with Gasteiger partial charge >= 0.3 is 0 Å². The minimum atomic E-state index is -1.03. The summed E-state index contributed by atoms with van der Waals surface area (Å²) in [6.45, 7) is 10.3. The zero-order valence-corrected chi connectivity index (χ0v) is 29.4. The van der Waals surface area contributed by atoms with Gasteiger partial charge in [-0.25, -0.2) is 4.39 Å². The van der Waals surface area contributed by atoms with Crippen LogP contribution in [-0.2, 0) is 17.6 Å². The first-order chi connectivity index (χ1) is 23.3. The summed E-state index contributed by atoms with van der Waals surface area (Å²) in [5, 5.41) is 28.9. The van der Waals surface area contributed by atoms with Gasteiger partial charge in [0, 0.05) is 24.7 Å². The number of ether oxygens (including phenoxy) is 2. The molecule has 0 aromatic heterocycles. The Hall–Kier alpha value is -3.03. The van der Waals surface area contributed by atoms with Crippen LogP contribution < -0.4 is 4.74 Å². The zero-order chi connectivity index (χ0) is 34.5. The first-order valence-electron chi connectivity index (χ1n) is 18.1. The lowest BCUT2D eigenvalue weighted by atomic mass is 9.77. The third kappa shape index (κ3) is 10.5. The molecule has 1 aliphatic rings. The average molecular weight is 661 g/mol. The topological polar surface area (TPSA) is 79.2 Å². The molecule has 0 aliphatic heterocycles. The third-order valence-electron chi connectivity index (χ3n) is 10.1. The fourth-order valence-corrected chi connectivity index (χ4v) is 6.90. The molecule has 0 amide bonds. The van der Waals surface area contributed by atoms with Gasteiger partial charge in [-0.15, -0.1) is 0 Å². The molecule has 3 aromatic carbocycles. The Bertz CT molecular complexity index is 1440. The fourth-order valence-electron chi connectivity index (χ4n) is 6.90. The smallest absolute Gasteiger partial charge is 0.176 e. The lowest BCUT2D eigenvalue weighted by Crippen LogP contribution is -2.16. The predicted octanol–water partition coefficient (Wildman–Crippen LogP) is 9.40. The molecule has 1 atom stereocenters. The van der Waals surface area contributed by atoms with E-state index < -0.39 is 6.29 Å². The van der Waals surface area contributed by atoms with Crippen LogP contribution in [0.4, 0.5) is 4.39 Å². The molecule has 1 unspecified atom stereocenters. The van der Waals surface area contributed by atoms with Crippen molar-refractivity contribution in [2.24, 2.45) is 11.8 Å². The minimum Gasteiger partial charge on any atom is -0.493 e. The van der Waals surface area contributed by atoms with Crippen LogP contribution in [0.2, 0.25) is 0 Å². The van der Waals surface area contributed by atoms with Crippen molar-refractivity contribution in [1.29, 1.82) is 0 Å². The van der Waals surface area contributed by atoms with Gasteiger partial charge in [0.1, 0.15) is 11.6 Å². The van der Waals surface area contributed by atoms with E-state index in [2.05, 4.69) is 44.7 Å². The van der Waals surface area contributed by atoms with E-state index in [4.69, 9.17) is 9.47 Å². The largest absolute Gasteiger partial charge is 0.493 e. The Morgan fingerprint density at radius 3 is 2.23 bits per heavy atom. The first-order valence-corrected chi connectivity index (χ1v) is 18.1. The van der Waals surface area contributed by atoms with Gasteiger partial charge in [-0.3, -0.25) is 0 Å². The molecule has 5 nitrogen and oxygen atoms in total. The van der Waals surface area contributed by atoms with Gasteiger partial charge in [-0.05, 0) is 121 Å². The van der Waals surface area contributed by atoms with Crippen LogP contribution in [0.1, 0.15) is 101 Å². The summed E-state index contributed by atoms with van der Waals surface area (Å²) >= 11 is 0. The maximum atomic E-state index is 15.7. The highest BCUT2D eigenvalue weighted by Gasteiger charge is 2.23. The van der Waals surface area contributed by atoms with Crippen molar-refractivity contribution in [3.8, 4) is 28.0 Å². The number of hydrogen-bond donors (Lipinski definition) is 3. The van der Waals surface area contributed by atoms with E-state index >= 15 is 4.39 Å². The molecular weight excluding hydrogens is 603 g/mol. The van der Waals surface area contributed by atoms with Crippen molar-refractivity contribution in [2.75, 3.05) is 26.4 Å². The van der Waals surface area contributed by atoms with Crippen LogP contribution in [0.3, 0.4) is 0 Å². The summed E-state index contributed by atoms with van der Waals surface area (Å²) in [6.07, 6.45) is 10.9. The van der Waals surface area contributed by atoms with Gasteiger partial charge in [0.25, 0.3) is 0 Å². The number of halogens is 1. The first kappa shape index (κ1) is 37.8. The highest BCUT2D eigenvalue weighted by Crippen LogP contribution is 2.39. The molecule has 48 heavy (non-hydrogen) atoms. The third-order valence-corrected chi connectivity index (χ3v) is 10.1. The highest BCUT2D eigenvalue weighted by molar-refractivity contribution is 5.75. The second-order valence-corrected chi connectivity index (χ2v) is 13.7. The Morgan fingerprint density at radius 1 is 0.875 bits per heavy atom. The van der Waals surface area contributed by atoms with E-state index in [1.54, 1.807) is 13.0 Å². The average Bonchev–Trinajstić information content (AvgIpc) is 3.10. The molecule has 0 bridgehead atoms. The molecule has 0 heterocycles. The molecule has 3 N–H and O–H groups in total. The van der Waals surface area contributed by atoms with Crippen LogP contribution in [0.25, 0.3) is 22.3 Å². The highest BCUT2D eigenvalue weighted by atomic mass is 19.1. The van der Waals surface area contributed by atoms with Gasteiger partial charge in [0.2, 0.25) is 0 Å². The van der Waals surface area contributed by atoms with E-state index in [9.17, 15) is 15.3 Å². The number of rotatable bonds is 19. The van der Waals surface area contributed by atoms with Crippen LogP contribution in [0, 0.1) is 17.7 Å². The Morgan fingerprint density at radius 2 is 1.56 bits per heavy atom. The molecule has 0 radical (unpaired) electrons. The lowest BCUT2D eigenvalue weighted by molar-refractivity contribution is -0.0706. The van der Waals surface area contributed by atoms with Gasteiger partial charge in [-0.2, -0.15) is 0 Å². The van der Waals surface area contributed by atoms with Crippen molar-refractivity contribution >= 4 is 0 Å². The minimum absolute atomic E-state index is 0.0950. The monoisotopic (exact) mass is 660 g/mol. The molecule has 0 spiro atoms. The predicted molar refractivity (Wildman–Crippen MR) is 194 cm³/mol. The van der Waals surface area contributed by atoms with Crippen molar-refractivity contribution in [1.82, 2.24) is 0 Å². The molecule has 262 valence electrons. The molecule has 0 saturated heterocycles. The second kappa shape index (κ2) is 19.2. The summed E-state index contributed by atoms with van der Waals surface area (Å²) < 4.78 is 27.3. The van der Waals surface area contributed by atoms with Crippen LogP contribution in [-0.4, -0.2) is 48.0 Å². The van der Waals surface area contributed by atoms with Crippen molar-refractivity contribution in [3.05, 3.63) is 89.3 Å². The Kier molecular flexibility index (Phi) is 15.1. The number of unbranched alkanes of at least 4 members (excludes halogenated alkanes) is 2. The molecule has 1 aliphatic carbocycles. The van der Waals surface area contributed by atoms with Gasteiger partial charge in [0.05, 0.1) is 13.2 Å². The number of aliphatic hydroxyl groups is 3. The Labute approximate surface area is 287 Å². The van der Waals surface area contributed by atoms with Crippen molar-refractivity contribution < 1.29 is 29.2 Å². The summed E-state index contributed by atoms with van der Waals surface area (Å²) in [5.41, 5.74) is 7.33. The van der Waals surface area contributed by atoms with Gasteiger partial charge in [0.15, 0.2) is 6.29 Å². The molecule has 3 aromatic rings. The second-order valence-electron chi connectivity index (χ2n) is 13.7. The molecule has 4 rings (SSSR count). The molecular formula is C42H57FO5. The lowest BCUT2D eigenvalue weighted by Gasteiger charge is -2.29. The number of benzene rings is 3. The van der Waals surface area contributed by atoms with Gasteiger partial charge < -0.3 is 24.8 Å². The Balaban J connectivity index is 1.51. The van der Waals surface area contributed by atoms with Crippen LogP contribution in [0.15, 0.2) is 66.7 Å². The van der Waals surface area contributed by atoms with E-state index in [1.807, 2.05) is 24.3 Å². The van der Waals surface area contributed by atoms with E-state index in [-0.39, 0.29) is 31.6 Å². The van der Waals surface area contributed by atoms with E-state index in [0.717, 1.165) is 58.6 Å². The zero-order valence-electron chi connectivity index (χ0n) is 29.4.